The van der Waals surface area contributed by atoms with E-state index in [1.54, 1.807) is 0 Å². The third-order valence-corrected chi connectivity index (χ3v) is 5.03. The van der Waals surface area contributed by atoms with Crippen molar-refractivity contribution in [2.45, 2.75) is 32.1 Å². The van der Waals surface area contributed by atoms with Crippen LogP contribution in [0.4, 0.5) is 0 Å². The summed E-state index contributed by atoms with van der Waals surface area (Å²) in [6.45, 7) is 3.06. The van der Waals surface area contributed by atoms with Crippen molar-refractivity contribution in [3.8, 4) is 0 Å². The lowest BCUT2D eigenvalue weighted by atomic mass is 9.90. The maximum Gasteiger partial charge on any atom is 0.0916 e. The normalized spacial score (nSPS) is 17.5. The molecule has 124 valence electrons. The lowest BCUT2D eigenvalue weighted by molar-refractivity contribution is 0.578. The zero-order valence-electron chi connectivity index (χ0n) is 13.7. The molecule has 2 heterocycles. The monoisotopic (exact) mass is 358 g/mol. The molecule has 2 aromatic rings. The van der Waals surface area contributed by atoms with Crippen molar-refractivity contribution in [2.24, 2.45) is 4.99 Å². The van der Waals surface area contributed by atoms with Crippen LogP contribution < -0.4 is 0 Å². The van der Waals surface area contributed by atoms with Gasteiger partial charge in [-0.2, -0.15) is 0 Å². The second-order valence-electron chi connectivity index (χ2n) is 5.99. The van der Waals surface area contributed by atoms with E-state index in [-0.39, 0.29) is 0 Å². The van der Waals surface area contributed by atoms with Gasteiger partial charge in [-0.15, -0.1) is 0 Å². The van der Waals surface area contributed by atoms with Crippen molar-refractivity contribution in [1.82, 2.24) is 4.98 Å². The number of allylic oxidation sites excluding steroid dienone is 1. The lowest BCUT2D eigenvalue weighted by Gasteiger charge is -2.15. The smallest absolute Gasteiger partial charge is 0.0916 e. The molecule has 4 heteroatoms. The Labute approximate surface area is 153 Å². The first kappa shape index (κ1) is 17.2. The minimum absolute atomic E-state index is 0.540. The van der Waals surface area contributed by atoms with Gasteiger partial charge in [0.25, 0.3) is 0 Å². The molecular weight excluding hydrogens is 339 g/mol. The molecular formula is C20H20Cl2N2. The predicted octanol–water partition coefficient (Wildman–Crippen LogP) is 6.18. The van der Waals surface area contributed by atoms with Crippen LogP contribution in [0.3, 0.4) is 0 Å². The highest BCUT2D eigenvalue weighted by molar-refractivity contribution is 6.42. The summed E-state index contributed by atoms with van der Waals surface area (Å²) in [5.74, 6) is 0.540. The molecule has 1 unspecified atom stereocenters. The fraction of sp³-hybridized carbons (Fsp3) is 0.300. The molecule has 0 saturated carbocycles. The van der Waals surface area contributed by atoms with Crippen molar-refractivity contribution in [2.75, 3.05) is 6.54 Å². The van der Waals surface area contributed by atoms with Crippen molar-refractivity contribution >= 4 is 35.0 Å². The van der Waals surface area contributed by atoms with Gasteiger partial charge in [0.1, 0.15) is 0 Å². The van der Waals surface area contributed by atoms with Gasteiger partial charge < -0.3 is 0 Å². The molecule has 0 amide bonds. The van der Waals surface area contributed by atoms with Crippen LogP contribution in [-0.2, 0) is 0 Å². The number of pyridine rings is 1. The molecule has 1 aliphatic rings. The number of aliphatic imine (C=N–C) groups is 1. The van der Waals surface area contributed by atoms with E-state index in [4.69, 9.17) is 28.2 Å². The van der Waals surface area contributed by atoms with E-state index >= 15 is 0 Å². The Hall–Kier alpha value is -1.64. The standard InChI is InChI=1S/C20H20Cl2N2/c1-2-4-15-10-12-23-19(20-16(15)5-3-11-24-20)9-7-14-6-8-17(21)18(22)13-14/h3,5-9,11,13,15H,2,4,10,12H2,1H3/b9-7+. The maximum atomic E-state index is 6.09. The summed E-state index contributed by atoms with van der Waals surface area (Å²) in [5.41, 5.74) is 4.26. The molecule has 24 heavy (non-hydrogen) atoms. The molecule has 0 aliphatic carbocycles. The highest BCUT2D eigenvalue weighted by atomic mass is 35.5. The van der Waals surface area contributed by atoms with Crippen molar-refractivity contribution in [3.63, 3.8) is 0 Å². The van der Waals surface area contributed by atoms with Crippen LogP contribution in [-0.4, -0.2) is 17.2 Å². The largest absolute Gasteiger partial charge is 0.283 e. The van der Waals surface area contributed by atoms with E-state index in [9.17, 15) is 0 Å². The number of aromatic nitrogens is 1. The molecule has 2 nitrogen and oxygen atoms in total. The molecule has 1 aromatic heterocycles. The Morgan fingerprint density at radius 3 is 2.83 bits per heavy atom. The second-order valence-corrected chi connectivity index (χ2v) is 6.80. The number of rotatable bonds is 4. The third kappa shape index (κ3) is 3.88. The topological polar surface area (TPSA) is 25.2 Å². The number of benzene rings is 1. The summed E-state index contributed by atoms with van der Waals surface area (Å²) in [6.07, 6.45) is 9.32. The Balaban J connectivity index is 1.92. The Kier molecular flexibility index (Phi) is 5.70. The number of nitrogens with zero attached hydrogens (tertiary/aromatic N) is 2. The van der Waals surface area contributed by atoms with Crippen LogP contribution in [0.5, 0.6) is 0 Å². The molecule has 3 rings (SSSR count). The Bertz CT molecular complexity index is 781. The molecule has 0 spiro atoms. The molecule has 1 aliphatic heterocycles. The first-order valence-corrected chi connectivity index (χ1v) is 9.07. The van der Waals surface area contributed by atoms with Crippen molar-refractivity contribution < 1.29 is 0 Å². The third-order valence-electron chi connectivity index (χ3n) is 4.30. The van der Waals surface area contributed by atoms with E-state index in [1.165, 1.54) is 18.4 Å². The second kappa shape index (κ2) is 7.96. The molecule has 1 aromatic carbocycles. The van der Waals surface area contributed by atoms with Crippen LogP contribution >= 0.6 is 23.2 Å². The molecule has 1 atom stereocenters. The SMILES string of the molecule is CCCC1CCN=C(/C=C/c2ccc(Cl)c(Cl)c2)c2ncccc21. The average molecular weight is 359 g/mol. The predicted molar refractivity (Wildman–Crippen MR) is 103 cm³/mol. The van der Waals surface area contributed by atoms with Crippen LogP contribution in [0.2, 0.25) is 10.0 Å². The number of fused-ring (bicyclic) bond motifs is 1. The van der Waals surface area contributed by atoms with Gasteiger partial charge in [-0.1, -0.05) is 54.8 Å². The molecule has 0 fully saturated rings. The van der Waals surface area contributed by atoms with E-state index in [0.29, 0.717) is 16.0 Å². The molecule has 0 radical (unpaired) electrons. The zero-order valence-corrected chi connectivity index (χ0v) is 15.2. The summed E-state index contributed by atoms with van der Waals surface area (Å²) >= 11 is 12.1. The quantitative estimate of drug-likeness (QED) is 0.640. The van der Waals surface area contributed by atoms with E-state index in [0.717, 1.165) is 29.9 Å². The van der Waals surface area contributed by atoms with Gasteiger partial charge in [-0.3, -0.25) is 9.98 Å². The van der Waals surface area contributed by atoms with Gasteiger partial charge in [0.15, 0.2) is 0 Å². The number of hydrogen-bond acceptors (Lipinski definition) is 2. The van der Waals surface area contributed by atoms with Gasteiger partial charge >= 0.3 is 0 Å². The zero-order chi connectivity index (χ0) is 16.9. The van der Waals surface area contributed by atoms with E-state index in [1.807, 2.05) is 42.6 Å². The van der Waals surface area contributed by atoms with Gasteiger partial charge in [0, 0.05) is 12.7 Å². The fourth-order valence-corrected chi connectivity index (χ4v) is 3.41. The van der Waals surface area contributed by atoms with E-state index in [2.05, 4.69) is 18.0 Å². The van der Waals surface area contributed by atoms with Crippen LogP contribution in [0.15, 0.2) is 47.6 Å². The highest BCUT2D eigenvalue weighted by Gasteiger charge is 2.20. The molecule has 0 saturated heterocycles. The fourth-order valence-electron chi connectivity index (χ4n) is 3.10. The van der Waals surface area contributed by atoms with Gasteiger partial charge in [0.05, 0.1) is 21.5 Å². The van der Waals surface area contributed by atoms with Gasteiger partial charge in [-0.05, 0) is 54.2 Å². The summed E-state index contributed by atoms with van der Waals surface area (Å²) < 4.78 is 0. The minimum Gasteiger partial charge on any atom is -0.283 e. The summed E-state index contributed by atoms with van der Waals surface area (Å²) in [5, 5.41) is 1.12. The van der Waals surface area contributed by atoms with E-state index < -0.39 is 0 Å². The number of hydrogen-bond donors (Lipinski definition) is 0. The molecule has 0 bridgehead atoms. The molecule has 0 N–H and O–H groups in total. The number of halogens is 2. The first-order valence-electron chi connectivity index (χ1n) is 8.32. The highest BCUT2D eigenvalue weighted by Crippen LogP contribution is 2.30. The summed E-state index contributed by atoms with van der Waals surface area (Å²) in [6, 6.07) is 9.82. The summed E-state index contributed by atoms with van der Waals surface area (Å²) in [4.78, 5) is 9.37. The Morgan fingerprint density at radius 2 is 2.04 bits per heavy atom. The van der Waals surface area contributed by atoms with Crippen LogP contribution in [0.25, 0.3) is 6.08 Å². The summed E-state index contributed by atoms with van der Waals surface area (Å²) in [7, 11) is 0. The van der Waals surface area contributed by atoms with Gasteiger partial charge in [0.2, 0.25) is 0 Å². The average Bonchev–Trinajstić information content (AvgIpc) is 2.76. The Morgan fingerprint density at radius 1 is 1.17 bits per heavy atom. The van der Waals surface area contributed by atoms with Crippen molar-refractivity contribution in [3.05, 3.63) is 69.5 Å². The maximum absolute atomic E-state index is 6.09. The lowest BCUT2D eigenvalue weighted by Crippen LogP contribution is -2.06. The van der Waals surface area contributed by atoms with Crippen LogP contribution in [0.1, 0.15) is 48.9 Å². The van der Waals surface area contributed by atoms with Crippen LogP contribution in [0, 0.1) is 0 Å². The minimum atomic E-state index is 0.540. The first-order chi connectivity index (χ1) is 11.7. The van der Waals surface area contributed by atoms with Crippen molar-refractivity contribution in [1.29, 1.82) is 0 Å². The van der Waals surface area contributed by atoms with Gasteiger partial charge in [-0.25, -0.2) is 0 Å².